The SMILES string of the molecule is CCCNC1CCOCC1CN1CC(C)OC(C)C1. The molecule has 0 radical (unpaired) electrons. The zero-order valence-corrected chi connectivity index (χ0v) is 12.7. The lowest BCUT2D eigenvalue weighted by Crippen LogP contribution is -2.52. The van der Waals surface area contributed by atoms with Gasteiger partial charge in [-0.1, -0.05) is 6.92 Å². The number of nitrogens with one attached hydrogen (secondary N) is 1. The van der Waals surface area contributed by atoms with Gasteiger partial charge in [0.15, 0.2) is 0 Å². The summed E-state index contributed by atoms with van der Waals surface area (Å²) in [6, 6.07) is 0.627. The van der Waals surface area contributed by atoms with Crippen LogP contribution in [0, 0.1) is 5.92 Å². The summed E-state index contributed by atoms with van der Waals surface area (Å²) in [6.07, 6.45) is 3.07. The molecule has 0 spiro atoms. The third-order valence-corrected chi connectivity index (χ3v) is 4.12. The molecule has 2 aliphatic heterocycles. The van der Waals surface area contributed by atoms with E-state index in [1.54, 1.807) is 0 Å². The Bertz CT molecular complexity index is 253. The van der Waals surface area contributed by atoms with E-state index >= 15 is 0 Å². The normalized spacial score (nSPS) is 37.4. The highest BCUT2D eigenvalue weighted by atomic mass is 16.5. The number of rotatable bonds is 5. The molecule has 1 N–H and O–H groups in total. The maximum Gasteiger partial charge on any atom is 0.0678 e. The number of ether oxygens (including phenoxy) is 2. The van der Waals surface area contributed by atoms with E-state index in [0.717, 1.165) is 45.8 Å². The van der Waals surface area contributed by atoms with E-state index in [0.29, 0.717) is 24.2 Å². The number of morpholine rings is 1. The lowest BCUT2D eigenvalue weighted by molar-refractivity contribution is -0.0798. The van der Waals surface area contributed by atoms with Crippen molar-refractivity contribution in [3.63, 3.8) is 0 Å². The minimum absolute atomic E-state index is 0.357. The second-order valence-electron chi connectivity index (χ2n) is 6.16. The highest BCUT2D eigenvalue weighted by Gasteiger charge is 2.30. The molecule has 112 valence electrons. The average Bonchev–Trinajstić information content (AvgIpc) is 2.36. The Hall–Kier alpha value is -0.160. The van der Waals surface area contributed by atoms with E-state index in [4.69, 9.17) is 9.47 Å². The van der Waals surface area contributed by atoms with Gasteiger partial charge in [0.1, 0.15) is 0 Å². The molecule has 19 heavy (non-hydrogen) atoms. The van der Waals surface area contributed by atoms with Crippen LogP contribution >= 0.6 is 0 Å². The summed E-state index contributed by atoms with van der Waals surface area (Å²) < 4.78 is 11.5. The zero-order chi connectivity index (χ0) is 13.7. The van der Waals surface area contributed by atoms with Crippen molar-refractivity contribution in [2.45, 2.75) is 51.9 Å². The Labute approximate surface area is 117 Å². The maximum absolute atomic E-state index is 5.81. The van der Waals surface area contributed by atoms with Gasteiger partial charge in [0, 0.05) is 38.2 Å². The monoisotopic (exact) mass is 270 g/mol. The Morgan fingerprint density at radius 3 is 2.63 bits per heavy atom. The lowest BCUT2D eigenvalue weighted by Gasteiger charge is -2.40. The highest BCUT2D eigenvalue weighted by molar-refractivity contribution is 4.84. The Morgan fingerprint density at radius 2 is 1.95 bits per heavy atom. The minimum Gasteiger partial charge on any atom is -0.381 e. The molecule has 4 unspecified atom stereocenters. The molecule has 2 saturated heterocycles. The van der Waals surface area contributed by atoms with E-state index in [2.05, 4.69) is 31.0 Å². The molecule has 2 fully saturated rings. The first kappa shape index (κ1) is 15.2. The van der Waals surface area contributed by atoms with Crippen LogP contribution in [0.25, 0.3) is 0 Å². The van der Waals surface area contributed by atoms with Gasteiger partial charge in [-0.2, -0.15) is 0 Å². The van der Waals surface area contributed by atoms with Crippen LogP contribution in [-0.4, -0.2) is 62.5 Å². The summed E-state index contributed by atoms with van der Waals surface area (Å²) in [6.45, 7) is 12.8. The van der Waals surface area contributed by atoms with E-state index in [1.807, 2.05) is 0 Å². The van der Waals surface area contributed by atoms with Crippen molar-refractivity contribution in [1.29, 1.82) is 0 Å². The van der Waals surface area contributed by atoms with E-state index in [-0.39, 0.29) is 0 Å². The van der Waals surface area contributed by atoms with Crippen LogP contribution < -0.4 is 5.32 Å². The number of nitrogens with zero attached hydrogens (tertiary/aromatic N) is 1. The second kappa shape index (κ2) is 7.58. The van der Waals surface area contributed by atoms with Crippen molar-refractivity contribution in [3.8, 4) is 0 Å². The van der Waals surface area contributed by atoms with Crippen LogP contribution in [0.4, 0.5) is 0 Å². The van der Waals surface area contributed by atoms with E-state index in [1.165, 1.54) is 6.42 Å². The average molecular weight is 270 g/mol. The van der Waals surface area contributed by atoms with Gasteiger partial charge in [-0.15, -0.1) is 0 Å². The third kappa shape index (κ3) is 4.71. The summed E-state index contributed by atoms with van der Waals surface area (Å²) in [7, 11) is 0. The van der Waals surface area contributed by atoms with Crippen molar-refractivity contribution in [1.82, 2.24) is 10.2 Å². The molecule has 4 heteroatoms. The first-order chi connectivity index (χ1) is 9.19. The van der Waals surface area contributed by atoms with Crippen LogP contribution in [0.5, 0.6) is 0 Å². The van der Waals surface area contributed by atoms with Crippen molar-refractivity contribution in [3.05, 3.63) is 0 Å². The van der Waals surface area contributed by atoms with Crippen LogP contribution in [0.15, 0.2) is 0 Å². The van der Waals surface area contributed by atoms with Gasteiger partial charge >= 0.3 is 0 Å². The summed E-state index contributed by atoms with van der Waals surface area (Å²) >= 11 is 0. The predicted octanol–water partition coefficient (Wildman–Crippen LogP) is 1.50. The van der Waals surface area contributed by atoms with Gasteiger partial charge < -0.3 is 14.8 Å². The summed E-state index contributed by atoms with van der Waals surface area (Å²) in [5, 5.41) is 3.70. The molecule has 2 heterocycles. The summed E-state index contributed by atoms with van der Waals surface area (Å²) in [4.78, 5) is 2.55. The van der Waals surface area contributed by atoms with Crippen molar-refractivity contribution in [2.24, 2.45) is 5.92 Å². The molecule has 2 rings (SSSR count). The largest absolute Gasteiger partial charge is 0.381 e. The molecule has 0 amide bonds. The molecular formula is C15H30N2O2. The molecular weight excluding hydrogens is 240 g/mol. The van der Waals surface area contributed by atoms with Crippen LogP contribution in [0.2, 0.25) is 0 Å². The van der Waals surface area contributed by atoms with Crippen LogP contribution in [0.1, 0.15) is 33.6 Å². The maximum atomic E-state index is 5.81. The van der Waals surface area contributed by atoms with Gasteiger partial charge in [0.25, 0.3) is 0 Å². The van der Waals surface area contributed by atoms with E-state index in [9.17, 15) is 0 Å². The molecule has 4 atom stereocenters. The molecule has 4 nitrogen and oxygen atoms in total. The van der Waals surface area contributed by atoms with Gasteiger partial charge in [0.2, 0.25) is 0 Å². The van der Waals surface area contributed by atoms with E-state index < -0.39 is 0 Å². The first-order valence-corrected chi connectivity index (χ1v) is 7.88. The standard InChI is InChI=1S/C15H30N2O2/c1-4-6-16-15-5-7-18-11-14(15)10-17-8-12(2)19-13(3)9-17/h12-16H,4-11H2,1-3H3. The Kier molecular flexibility index (Phi) is 6.07. The topological polar surface area (TPSA) is 33.7 Å². The fraction of sp³-hybridized carbons (Fsp3) is 1.00. The summed E-state index contributed by atoms with van der Waals surface area (Å²) in [5.74, 6) is 0.623. The van der Waals surface area contributed by atoms with Gasteiger partial charge in [-0.3, -0.25) is 4.90 Å². The fourth-order valence-corrected chi connectivity index (χ4v) is 3.34. The molecule has 0 aromatic heterocycles. The fourth-order valence-electron chi connectivity index (χ4n) is 3.34. The number of hydrogen-bond donors (Lipinski definition) is 1. The van der Waals surface area contributed by atoms with Gasteiger partial charge in [-0.05, 0) is 33.2 Å². The van der Waals surface area contributed by atoms with Crippen molar-refractivity contribution in [2.75, 3.05) is 39.4 Å². The van der Waals surface area contributed by atoms with Crippen molar-refractivity contribution < 1.29 is 9.47 Å². The third-order valence-electron chi connectivity index (χ3n) is 4.12. The smallest absolute Gasteiger partial charge is 0.0678 e. The Morgan fingerprint density at radius 1 is 1.21 bits per heavy atom. The quantitative estimate of drug-likeness (QED) is 0.821. The van der Waals surface area contributed by atoms with Gasteiger partial charge in [-0.25, -0.2) is 0 Å². The molecule has 0 aromatic rings. The lowest BCUT2D eigenvalue weighted by atomic mass is 9.94. The minimum atomic E-state index is 0.357. The molecule has 0 saturated carbocycles. The zero-order valence-electron chi connectivity index (χ0n) is 12.7. The Balaban J connectivity index is 1.84. The highest BCUT2D eigenvalue weighted by Crippen LogP contribution is 2.19. The van der Waals surface area contributed by atoms with Crippen LogP contribution in [0.3, 0.4) is 0 Å². The second-order valence-corrected chi connectivity index (χ2v) is 6.16. The first-order valence-electron chi connectivity index (χ1n) is 7.88. The molecule has 0 aliphatic carbocycles. The van der Waals surface area contributed by atoms with Crippen LogP contribution in [-0.2, 0) is 9.47 Å². The number of hydrogen-bond acceptors (Lipinski definition) is 4. The molecule has 0 aromatic carbocycles. The summed E-state index contributed by atoms with van der Waals surface area (Å²) in [5.41, 5.74) is 0. The van der Waals surface area contributed by atoms with Crippen molar-refractivity contribution >= 4 is 0 Å². The molecule has 0 bridgehead atoms. The predicted molar refractivity (Wildman–Crippen MR) is 77.5 cm³/mol. The molecule has 2 aliphatic rings. The van der Waals surface area contributed by atoms with Gasteiger partial charge in [0.05, 0.1) is 18.8 Å².